The summed E-state index contributed by atoms with van der Waals surface area (Å²) in [5.74, 6) is -0.306. The van der Waals surface area contributed by atoms with Crippen LogP contribution in [0.25, 0.3) is 0 Å². The van der Waals surface area contributed by atoms with Gasteiger partial charge in [0.1, 0.15) is 0 Å². The van der Waals surface area contributed by atoms with Crippen molar-refractivity contribution in [2.45, 2.75) is 6.92 Å². The summed E-state index contributed by atoms with van der Waals surface area (Å²) < 4.78 is 12.0. The van der Waals surface area contributed by atoms with Crippen LogP contribution in [0.3, 0.4) is 0 Å². The summed E-state index contributed by atoms with van der Waals surface area (Å²) in [4.78, 5) is 3.47. The van der Waals surface area contributed by atoms with E-state index in [0.29, 0.717) is 12.1 Å². The van der Waals surface area contributed by atoms with Gasteiger partial charge in [0.25, 0.3) is 0 Å². The van der Waals surface area contributed by atoms with E-state index in [-0.39, 0.29) is 5.97 Å². The number of nitrogens with zero attached hydrogens (tertiary/aromatic N) is 1. The van der Waals surface area contributed by atoms with Crippen molar-refractivity contribution < 1.29 is 4.39 Å². The fraction of sp³-hybridized carbons (Fsp3) is 0.400. The second kappa shape index (κ2) is 1.45. The molecule has 0 saturated heterocycles. The molecule has 7 heavy (non-hydrogen) atoms. The molecule has 0 bridgehead atoms. The van der Waals surface area contributed by atoms with Gasteiger partial charge >= 0.3 is 0 Å². The molecule has 0 spiro atoms. The van der Waals surface area contributed by atoms with E-state index in [9.17, 15) is 4.39 Å². The van der Waals surface area contributed by atoms with Gasteiger partial charge in [0, 0.05) is 5.57 Å². The molecule has 1 heterocycles. The first-order valence-electron chi connectivity index (χ1n) is 2.18. The van der Waals surface area contributed by atoms with E-state index in [4.69, 9.17) is 0 Å². The lowest BCUT2D eigenvalue weighted by molar-refractivity contribution is 0.804. The predicted molar refractivity (Wildman–Crippen MR) is 27.2 cm³/mol. The Bertz CT molecular complexity index is 119. The molecule has 1 aliphatic rings. The van der Waals surface area contributed by atoms with E-state index in [1.165, 1.54) is 0 Å². The maximum atomic E-state index is 12.0. The van der Waals surface area contributed by atoms with Gasteiger partial charge in [-0.3, -0.25) is 4.99 Å². The zero-order valence-electron chi connectivity index (χ0n) is 4.11. The summed E-state index contributed by atoms with van der Waals surface area (Å²) >= 11 is 0. The Kier molecular flexibility index (Phi) is 0.929. The minimum absolute atomic E-state index is 0.306. The average molecular weight is 99.1 g/mol. The highest BCUT2D eigenvalue weighted by molar-refractivity contribution is 5.93. The summed E-state index contributed by atoms with van der Waals surface area (Å²) in [6, 6.07) is 0. The molecule has 0 atom stereocenters. The van der Waals surface area contributed by atoms with Gasteiger partial charge in [0.05, 0.1) is 6.54 Å². The van der Waals surface area contributed by atoms with Crippen LogP contribution in [0.4, 0.5) is 4.39 Å². The Hall–Kier alpha value is -0.660. The zero-order chi connectivity index (χ0) is 5.28. The van der Waals surface area contributed by atoms with Gasteiger partial charge in [-0.2, -0.15) is 4.39 Å². The smallest absolute Gasteiger partial charge is 0.211 e. The number of hydrogen-bond donors (Lipinski definition) is 0. The minimum atomic E-state index is -0.306. The molecule has 2 heteroatoms. The topological polar surface area (TPSA) is 12.4 Å². The van der Waals surface area contributed by atoms with Gasteiger partial charge < -0.3 is 0 Å². The standard InChI is InChI=1S/C5H6FN/c1-4-2-3-7-5(4)6/h2H,3H2,1H3. The SMILES string of the molecule is CC1=CCN=C1F. The quantitative estimate of drug-likeness (QED) is 0.434. The minimum Gasteiger partial charge on any atom is -0.254 e. The molecule has 1 rings (SSSR count). The fourth-order valence-electron chi connectivity index (χ4n) is 0.472. The van der Waals surface area contributed by atoms with Gasteiger partial charge in [0.15, 0.2) is 0 Å². The van der Waals surface area contributed by atoms with Crippen LogP contribution in [-0.2, 0) is 0 Å². The maximum absolute atomic E-state index is 12.0. The molecular formula is C5H6FN. The lowest BCUT2D eigenvalue weighted by atomic mass is 10.3. The molecule has 0 unspecified atom stereocenters. The molecule has 1 nitrogen and oxygen atoms in total. The highest BCUT2D eigenvalue weighted by atomic mass is 19.1. The van der Waals surface area contributed by atoms with Crippen molar-refractivity contribution in [2.75, 3.05) is 6.54 Å². The largest absolute Gasteiger partial charge is 0.254 e. The molecule has 0 N–H and O–H groups in total. The average Bonchev–Trinajstić information content (AvgIpc) is 1.91. The molecule has 0 aromatic heterocycles. The van der Waals surface area contributed by atoms with Crippen LogP contribution in [0.2, 0.25) is 0 Å². The van der Waals surface area contributed by atoms with Crippen molar-refractivity contribution in [3.63, 3.8) is 0 Å². The van der Waals surface area contributed by atoms with Gasteiger partial charge in [-0.1, -0.05) is 6.08 Å². The number of aliphatic imine (C=N–C) groups is 1. The normalized spacial score (nSPS) is 19.1. The van der Waals surface area contributed by atoms with Crippen LogP contribution in [0.5, 0.6) is 0 Å². The third kappa shape index (κ3) is 0.683. The summed E-state index contributed by atoms with van der Waals surface area (Å²) in [7, 11) is 0. The molecule has 0 saturated carbocycles. The van der Waals surface area contributed by atoms with Crippen molar-refractivity contribution in [2.24, 2.45) is 4.99 Å². The van der Waals surface area contributed by atoms with Crippen molar-refractivity contribution in [3.05, 3.63) is 11.6 Å². The van der Waals surface area contributed by atoms with Gasteiger partial charge in [-0.25, -0.2) is 0 Å². The zero-order valence-corrected chi connectivity index (χ0v) is 4.11. The van der Waals surface area contributed by atoms with E-state index in [1.54, 1.807) is 13.0 Å². The van der Waals surface area contributed by atoms with Crippen LogP contribution >= 0.6 is 0 Å². The molecule has 1 aliphatic heterocycles. The summed E-state index contributed by atoms with van der Waals surface area (Å²) in [5, 5.41) is 0. The van der Waals surface area contributed by atoms with Crippen LogP contribution in [-0.4, -0.2) is 12.5 Å². The Morgan fingerprint density at radius 3 is 2.71 bits per heavy atom. The van der Waals surface area contributed by atoms with Crippen LogP contribution < -0.4 is 0 Å². The van der Waals surface area contributed by atoms with Crippen molar-refractivity contribution in [3.8, 4) is 0 Å². The molecule has 0 aliphatic carbocycles. The highest BCUT2D eigenvalue weighted by Crippen LogP contribution is 2.04. The van der Waals surface area contributed by atoms with Crippen LogP contribution in [0, 0.1) is 0 Å². The van der Waals surface area contributed by atoms with Crippen LogP contribution in [0.1, 0.15) is 6.92 Å². The number of halogens is 1. The molecule has 0 fully saturated rings. The molecule has 0 amide bonds. The van der Waals surface area contributed by atoms with E-state index in [1.807, 2.05) is 0 Å². The first kappa shape index (κ1) is 4.50. The van der Waals surface area contributed by atoms with Crippen molar-refractivity contribution in [1.82, 2.24) is 0 Å². The first-order valence-corrected chi connectivity index (χ1v) is 2.18. The van der Waals surface area contributed by atoms with Crippen LogP contribution in [0.15, 0.2) is 16.6 Å². The monoisotopic (exact) mass is 99.0 g/mol. The molecule has 38 valence electrons. The number of allylic oxidation sites excluding steroid dienone is 1. The second-order valence-electron chi connectivity index (χ2n) is 1.52. The van der Waals surface area contributed by atoms with Gasteiger partial charge in [0.2, 0.25) is 5.97 Å². The third-order valence-corrected chi connectivity index (χ3v) is 0.953. The molecule has 0 aromatic carbocycles. The summed E-state index contributed by atoms with van der Waals surface area (Å²) in [6.07, 6.45) is 1.76. The van der Waals surface area contributed by atoms with Crippen molar-refractivity contribution in [1.29, 1.82) is 0 Å². The third-order valence-electron chi connectivity index (χ3n) is 0.953. The lowest BCUT2D eigenvalue weighted by Crippen LogP contribution is -1.81. The fourth-order valence-corrected chi connectivity index (χ4v) is 0.472. The van der Waals surface area contributed by atoms with Crippen molar-refractivity contribution >= 4 is 5.97 Å². The lowest BCUT2D eigenvalue weighted by Gasteiger charge is -1.80. The van der Waals surface area contributed by atoms with E-state index < -0.39 is 0 Å². The van der Waals surface area contributed by atoms with Gasteiger partial charge in [-0.05, 0) is 6.92 Å². The first-order chi connectivity index (χ1) is 3.30. The maximum Gasteiger partial charge on any atom is 0.211 e. The summed E-state index contributed by atoms with van der Waals surface area (Å²) in [6.45, 7) is 2.24. The Morgan fingerprint density at radius 2 is 2.57 bits per heavy atom. The molecule has 0 radical (unpaired) electrons. The predicted octanol–water partition coefficient (Wildman–Crippen LogP) is 1.31. The Morgan fingerprint density at radius 1 is 1.86 bits per heavy atom. The Balaban J connectivity index is 2.78. The molecular weight excluding hydrogens is 93.1 g/mol. The summed E-state index contributed by atoms with van der Waals surface area (Å²) in [5.41, 5.74) is 0.667. The number of rotatable bonds is 0. The van der Waals surface area contributed by atoms with E-state index >= 15 is 0 Å². The van der Waals surface area contributed by atoms with Gasteiger partial charge in [-0.15, -0.1) is 0 Å². The van der Waals surface area contributed by atoms with E-state index in [2.05, 4.69) is 4.99 Å². The van der Waals surface area contributed by atoms with E-state index in [0.717, 1.165) is 0 Å². The molecule has 0 aromatic rings. The highest BCUT2D eigenvalue weighted by Gasteiger charge is 2.02. The second-order valence-corrected chi connectivity index (χ2v) is 1.52. The Labute approximate surface area is 41.6 Å². The number of hydrogen-bond acceptors (Lipinski definition) is 1.